The zero-order valence-corrected chi connectivity index (χ0v) is 15.0. The highest BCUT2D eigenvalue weighted by atomic mass is 32.2. The van der Waals surface area contributed by atoms with Gasteiger partial charge in [-0.1, -0.05) is 26.0 Å². The Bertz CT molecular complexity index is 871. The normalized spacial score (nSPS) is 32.7. The highest BCUT2D eigenvalue weighted by molar-refractivity contribution is 7.86. The number of hydrogen-bond acceptors (Lipinski definition) is 6. The number of carbonyl (C=O) groups excluding carboxylic acids is 2. The van der Waals surface area contributed by atoms with E-state index in [-0.39, 0.29) is 17.1 Å². The van der Waals surface area contributed by atoms with Crippen LogP contribution in [0, 0.1) is 16.7 Å². The molecule has 134 valence electrons. The van der Waals surface area contributed by atoms with Crippen molar-refractivity contribution in [3.05, 3.63) is 29.8 Å². The number of benzene rings is 1. The molecular formula is C18H20O6S. The van der Waals surface area contributed by atoms with Crippen LogP contribution >= 0.6 is 0 Å². The maximum atomic E-state index is 12.6. The van der Waals surface area contributed by atoms with Gasteiger partial charge in [0.05, 0.1) is 16.7 Å². The molecule has 3 atom stereocenters. The lowest BCUT2D eigenvalue weighted by atomic mass is 9.70. The lowest BCUT2D eigenvalue weighted by molar-refractivity contribution is -0.128. The summed E-state index contributed by atoms with van der Waals surface area (Å²) in [5.74, 6) is -0.403. The minimum absolute atomic E-state index is 0.0112. The molecule has 1 aromatic rings. The van der Waals surface area contributed by atoms with Crippen LogP contribution in [-0.4, -0.2) is 32.0 Å². The fourth-order valence-electron chi connectivity index (χ4n) is 4.71. The maximum Gasteiger partial charge on any atom is 0.280 e. The molecule has 2 bridgehead atoms. The Morgan fingerprint density at radius 2 is 1.96 bits per heavy atom. The second-order valence-electron chi connectivity index (χ2n) is 7.78. The Morgan fingerprint density at radius 3 is 2.56 bits per heavy atom. The summed E-state index contributed by atoms with van der Waals surface area (Å²) in [6.45, 7) is 3.91. The van der Waals surface area contributed by atoms with Gasteiger partial charge in [-0.3, -0.25) is 9.59 Å². The van der Waals surface area contributed by atoms with Gasteiger partial charge in [-0.2, -0.15) is 8.42 Å². The quantitative estimate of drug-likeness (QED) is 0.762. The number of ether oxygens (including phenoxy) is 1. The van der Waals surface area contributed by atoms with Crippen LogP contribution in [-0.2, 0) is 19.1 Å². The predicted molar refractivity (Wildman–Crippen MR) is 88.6 cm³/mol. The van der Waals surface area contributed by atoms with Crippen LogP contribution < -0.4 is 4.74 Å². The lowest BCUT2D eigenvalue weighted by Gasteiger charge is -2.35. The number of para-hydroxylation sites is 1. The largest absolute Gasteiger partial charge is 0.455 e. The third kappa shape index (κ3) is 2.29. The highest BCUT2D eigenvalue weighted by Crippen LogP contribution is 2.64. The molecule has 0 N–H and O–H groups in total. The van der Waals surface area contributed by atoms with Crippen molar-refractivity contribution >= 4 is 21.7 Å². The van der Waals surface area contributed by atoms with E-state index >= 15 is 0 Å². The first-order valence-electron chi connectivity index (χ1n) is 8.40. The summed E-state index contributed by atoms with van der Waals surface area (Å²) in [5.41, 5.74) is -1.01. The molecule has 4 rings (SSSR count). The van der Waals surface area contributed by atoms with E-state index in [1.165, 1.54) is 0 Å². The summed E-state index contributed by atoms with van der Waals surface area (Å²) in [5, 5.41) is 0. The molecule has 0 spiro atoms. The van der Waals surface area contributed by atoms with Crippen LogP contribution in [0.4, 0.5) is 0 Å². The van der Waals surface area contributed by atoms with Gasteiger partial charge in [0.2, 0.25) is 5.78 Å². The Morgan fingerprint density at radius 1 is 1.24 bits per heavy atom. The van der Waals surface area contributed by atoms with Gasteiger partial charge < -0.3 is 4.74 Å². The second kappa shape index (κ2) is 5.14. The Balaban J connectivity index is 1.56. The summed E-state index contributed by atoms with van der Waals surface area (Å²) in [4.78, 5) is 24.8. The molecule has 1 heterocycles. The summed E-state index contributed by atoms with van der Waals surface area (Å²) in [7, 11) is -4.11. The highest BCUT2D eigenvalue weighted by Gasteiger charge is 2.65. The minimum Gasteiger partial charge on any atom is -0.455 e. The average Bonchev–Trinajstić information content (AvgIpc) is 3.03. The molecule has 1 aliphatic heterocycles. The van der Waals surface area contributed by atoms with E-state index in [1.54, 1.807) is 24.3 Å². The lowest BCUT2D eigenvalue weighted by Crippen LogP contribution is -2.43. The van der Waals surface area contributed by atoms with Gasteiger partial charge in [-0.25, -0.2) is 4.18 Å². The minimum atomic E-state index is -4.11. The molecule has 2 aliphatic carbocycles. The molecule has 0 amide bonds. The zero-order chi connectivity index (χ0) is 18.0. The van der Waals surface area contributed by atoms with Crippen LogP contribution in [0.1, 0.15) is 43.5 Å². The zero-order valence-electron chi connectivity index (χ0n) is 14.2. The van der Waals surface area contributed by atoms with E-state index in [2.05, 4.69) is 0 Å². The van der Waals surface area contributed by atoms with Crippen molar-refractivity contribution in [1.82, 2.24) is 0 Å². The van der Waals surface area contributed by atoms with E-state index in [0.717, 1.165) is 6.42 Å². The van der Waals surface area contributed by atoms with Crippen molar-refractivity contribution < 1.29 is 26.9 Å². The topological polar surface area (TPSA) is 86.7 Å². The first kappa shape index (κ1) is 16.7. The number of fused-ring (bicyclic) bond motifs is 3. The van der Waals surface area contributed by atoms with Crippen molar-refractivity contribution in [1.29, 1.82) is 0 Å². The first-order chi connectivity index (χ1) is 11.7. The van der Waals surface area contributed by atoms with E-state index < -0.39 is 33.4 Å². The van der Waals surface area contributed by atoms with Crippen molar-refractivity contribution in [2.24, 2.45) is 16.7 Å². The third-order valence-electron chi connectivity index (χ3n) is 6.40. The third-order valence-corrected chi connectivity index (χ3v) is 7.71. The monoisotopic (exact) mass is 364 g/mol. The summed E-state index contributed by atoms with van der Waals surface area (Å²) in [6, 6.07) is 6.53. The van der Waals surface area contributed by atoms with Crippen LogP contribution in [0.2, 0.25) is 0 Å². The number of rotatable bonds is 4. The Kier molecular flexibility index (Phi) is 3.44. The summed E-state index contributed by atoms with van der Waals surface area (Å²) >= 11 is 0. The summed E-state index contributed by atoms with van der Waals surface area (Å²) < 4.78 is 35.7. The van der Waals surface area contributed by atoms with Crippen LogP contribution in [0.5, 0.6) is 5.75 Å². The second-order valence-corrected chi connectivity index (χ2v) is 9.37. The predicted octanol–water partition coefficient (Wildman–Crippen LogP) is 2.33. The fraction of sp³-hybridized carbons (Fsp3) is 0.556. The van der Waals surface area contributed by atoms with Gasteiger partial charge in [0.15, 0.2) is 0 Å². The molecule has 2 saturated carbocycles. The fourth-order valence-corrected chi connectivity index (χ4v) is 6.45. The number of hydrogen-bond donors (Lipinski definition) is 0. The van der Waals surface area contributed by atoms with Crippen molar-refractivity contribution in [3.63, 3.8) is 0 Å². The molecule has 1 aromatic carbocycles. The van der Waals surface area contributed by atoms with E-state index in [0.29, 0.717) is 24.2 Å². The summed E-state index contributed by atoms with van der Waals surface area (Å²) in [6.07, 6.45) is 0.313. The van der Waals surface area contributed by atoms with Crippen molar-refractivity contribution in [2.45, 2.75) is 39.4 Å². The molecule has 7 heteroatoms. The number of ketones is 2. The average molecular weight is 364 g/mol. The number of carbonyl (C=O) groups is 2. The SMILES string of the molecule is CC1(C)C2CCC1(CS(=O)(=O)OC1Oc3ccccc3C1=O)C(=O)C2. The molecule has 25 heavy (non-hydrogen) atoms. The van der Waals surface area contributed by atoms with Crippen LogP contribution in [0.15, 0.2) is 24.3 Å². The van der Waals surface area contributed by atoms with Crippen LogP contribution in [0.3, 0.4) is 0 Å². The molecular weight excluding hydrogens is 344 g/mol. The maximum absolute atomic E-state index is 12.6. The molecule has 3 unspecified atom stereocenters. The van der Waals surface area contributed by atoms with Crippen molar-refractivity contribution in [3.8, 4) is 5.75 Å². The van der Waals surface area contributed by atoms with E-state index in [9.17, 15) is 18.0 Å². The smallest absolute Gasteiger partial charge is 0.280 e. The Hall–Kier alpha value is -1.73. The van der Waals surface area contributed by atoms with E-state index in [4.69, 9.17) is 8.92 Å². The molecule has 3 aliphatic rings. The molecule has 0 radical (unpaired) electrons. The standard InChI is InChI=1S/C18H20O6S/c1-17(2)11-7-8-18(17,14(19)9-11)10-25(21,22)24-16-15(20)12-5-3-4-6-13(12)23-16/h3-6,11,16H,7-10H2,1-2H3. The number of Topliss-reactive ketones (excluding diaryl/α,β-unsaturated/α-hetero) is 2. The first-order valence-corrected chi connectivity index (χ1v) is 9.98. The molecule has 0 saturated heterocycles. The molecule has 0 aromatic heterocycles. The van der Waals surface area contributed by atoms with Crippen LogP contribution in [0.25, 0.3) is 0 Å². The van der Waals surface area contributed by atoms with Crippen molar-refractivity contribution in [2.75, 3.05) is 5.75 Å². The molecule has 6 nitrogen and oxygen atoms in total. The van der Waals surface area contributed by atoms with Gasteiger partial charge in [-0.15, -0.1) is 0 Å². The van der Waals surface area contributed by atoms with Gasteiger partial charge >= 0.3 is 0 Å². The molecule has 2 fully saturated rings. The van der Waals surface area contributed by atoms with E-state index in [1.807, 2.05) is 13.8 Å². The van der Waals surface area contributed by atoms with Gasteiger partial charge in [0.1, 0.15) is 11.5 Å². The van der Waals surface area contributed by atoms with Gasteiger partial charge in [-0.05, 0) is 36.3 Å². The van der Waals surface area contributed by atoms with Gasteiger partial charge in [0, 0.05) is 6.42 Å². The van der Waals surface area contributed by atoms with Gasteiger partial charge in [0.25, 0.3) is 16.4 Å². The Labute approximate surface area is 146 Å².